The molecule has 0 radical (unpaired) electrons. The first-order valence-corrected chi connectivity index (χ1v) is 7.87. The Kier molecular flexibility index (Phi) is 5.62. The van der Waals surface area contributed by atoms with Crippen LogP contribution >= 0.6 is 0 Å². The van der Waals surface area contributed by atoms with Gasteiger partial charge in [-0.3, -0.25) is 4.79 Å². The number of rotatable bonds is 6. The molecule has 0 unspecified atom stereocenters. The van der Waals surface area contributed by atoms with E-state index in [2.05, 4.69) is 55.5 Å². The van der Waals surface area contributed by atoms with Crippen LogP contribution in [0.25, 0.3) is 0 Å². The van der Waals surface area contributed by atoms with Crippen molar-refractivity contribution >= 4 is 11.6 Å². The topological polar surface area (TPSA) is 35.6 Å². The highest BCUT2D eigenvalue weighted by Gasteiger charge is 2.18. The molecule has 0 aromatic heterocycles. The summed E-state index contributed by atoms with van der Waals surface area (Å²) in [4.78, 5) is 16.1. The molecule has 1 N–H and O–H groups in total. The van der Waals surface area contributed by atoms with Crippen molar-refractivity contribution in [2.75, 3.05) is 38.6 Å². The monoisotopic (exact) mass is 289 g/mol. The predicted octanol–water partition coefficient (Wildman–Crippen LogP) is 2.42. The van der Waals surface area contributed by atoms with Crippen molar-refractivity contribution in [3.05, 3.63) is 29.8 Å². The number of hydrogen-bond acceptors (Lipinski definition) is 3. The van der Waals surface area contributed by atoms with Gasteiger partial charge in [-0.1, -0.05) is 18.2 Å². The molecule has 116 valence electrons. The van der Waals surface area contributed by atoms with Crippen LogP contribution in [0, 0.1) is 0 Å². The van der Waals surface area contributed by atoms with E-state index in [1.807, 2.05) is 4.90 Å². The summed E-state index contributed by atoms with van der Waals surface area (Å²) in [6.07, 6.45) is 2.91. The highest BCUT2D eigenvalue weighted by Crippen LogP contribution is 2.24. The van der Waals surface area contributed by atoms with Gasteiger partial charge in [0.05, 0.1) is 0 Å². The lowest BCUT2D eigenvalue weighted by atomic mass is 10.1. The van der Waals surface area contributed by atoms with Crippen LogP contribution in [0.5, 0.6) is 0 Å². The van der Waals surface area contributed by atoms with Crippen LogP contribution in [0.3, 0.4) is 0 Å². The average Bonchev–Trinajstić information content (AvgIpc) is 3.01. The maximum Gasteiger partial charge on any atom is 0.223 e. The molecule has 1 fully saturated rings. The summed E-state index contributed by atoms with van der Waals surface area (Å²) < 4.78 is 0. The van der Waals surface area contributed by atoms with Crippen LogP contribution < -0.4 is 10.2 Å². The van der Waals surface area contributed by atoms with E-state index in [-0.39, 0.29) is 11.9 Å². The van der Waals surface area contributed by atoms with Crippen molar-refractivity contribution in [2.45, 2.75) is 32.2 Å². The molecule has 1 amide bonds. The zero-order chi connectivity index (χ0) is 15.2. The smallest absolute Gasteiger partial charge is 0.223 e. The molecule has 1 aromatic rings. The van der Waals surface area contributed by atoms with E-state index in [9.17, 15) is 4.79 Å². The number of benzene rings is 1. The Labute approximate surface area is 128 Å². The van der Waals surface area contributed by atoms with Gasteiger partial charge in [-0.2, -0.15) is 0 Å². The average molecular weight is 289 g/mol. The van der Waals surface area contributed by atoms with E-state index in [1.165, 1.54) is 11.3 Å². The van der Waals surface area contributed by atoms with Crippen molar-refractivity contribution in [3.8, 4) is 0 Å². The number of para-hydroxylation sites is 1. The van der Waals surface area contributed by atoms with E-state index < -0.39 is 0 Å². The molecule has 1 saturated heterocycles. The van der Waals surface area contributed by atoms with Gasteiger partial charge in [0.15, 0.2) is 0 Å². The van der Waals surface area contributed by atoms with E-state index in [1.54, 1.807) is 0 Å². The molecule has 1 atom stereocenters. The number of amides is 1. The third kappa shape index (κ3) is 4.21. The van der Waals surface area contributed by atoms with Crippen LogP contribution in [0.4, 0.5) is 5.69 Å². The maximum absolute atomic E-state index is 12.0. The Bertz CT molecular complexity index is 467. The fraction of sp³-hybridized carbons (Fsp3) is 0.588. The first-order chi connectivity index (χ1) is 10.1. The van der Waals surface area contributed by atoms with Crippen molar-refractivity contribution in [1.29, 1.82) is 0 Å². The predicted molar refractivity (Wildman–Crippen MR) is 87.6 cm³/mol. The summed E-state index contributed by atoms with van der Waals surface area (Å²) in [5.41, 5.74) is 2.50. The number of anilines is 1. The first kappa shape index (κ1) is 15.8. The quantitative estimate of drug-likeness (QED) is 0.873. The molecule has 0 bridgehead atoms. The van der Waals surface area contributed by atoms with Gasteiger partial charge in [0, 0.05) is 51.9 Å². The largest absolute Gasteiger partial charge is 0.377 e. The first-order valence-electron chi connectivity index (χ1n) is 7.87. The third-order valence-corrected chi connectivity index (χ3v) is 4.13. The Hall–Kier alpha value is -1.55. The van der Waals surface area contributed by atoms with Gasteiger partial charge >= 0.3 is 0 Å². The van der Waals surface area contributed by atoms with Crippen molar-refractivity contribution in [2.24, 2.45) is 0 Å². The molecule has 4 nitrogen and oxygen atoms in total. The maximum atomic E-state index is 12.0. The number of likely N-dealkylation sites (tertiary alicyclic amines) is 1. The number of carbonyl (C=O) groups is 1. The van der Waals surface area contributed by atoms with Crippen LogP contribution in [0.1, 0.15) is 37.8 Å². The number of nitrogens with zero attached hydrogens (tertiary/aromatic N) is 2. The highest BCUT2D eigenvalue weighted by molar-refractivity contribution is 5.76. The number of carbonyl (C=O) groups excluding carboxylic acids is 1. The second kappa shape index (κ2) is 7.46. The molecule has 4 heteroatoms. The Morgan fingerprint density at radius 1 is 1.29 bits per heavy atom. The Morgan fingerprint density at radius 2 is 1.95 bits per heavy atom. The zero-order valence-electron chi connectivity index (χ0n) is 13.4. The minimum atomic E-state index is 0.245. The fourth-order valence-electron chi connectivity index (χ4n) is 2.89. The van der Waals surface area contributed by atoms with Gasteiger partial charge in [-0.25, -0.2) is 0 Å². The van der Waals surface area contributed by atoms with Gasteiger partial charge in [0.1, 0.15) is 0 Å². The molecule has 1 aliphatic heterocycles. The minimum Gasteiger partial charge on any atom is -0.377 e. The van der Waals surface area contributed by atoms with Crippen molar-refractivity contribution < 1.29 is 4.79 Å². The van der Waals surface area contributed by atoms with Crippen molar-refractivity contribution in [1.82, 2.24) is 10.2 Å². The Balaban J connectivity index is 1.84. The summed E-state index contributed by atoms with van der Waals surface area (Å²) >= 11 is 0. The standard InChI is InChI=1S/C17H27N3O/c1-14(15-8-4-5-9-16(15)19(2)3)18-11-10-17(21)20-12-6-7-13-20/h4-5,8-9,14,18H,6-7,10-13H2,1-3H3/t14-/m0/s1. The lowest BCUT2D eigenvalue weighted by Gasteiger charge is -2.23. The molecule has 1 aliphatic rings. The summed E-state index contributed by atoms with van der Waals surface area (Å²) in [5.74, 6) is 0.285. The summed E-state index contributed by atoms with van der Waals surface area (Å²) in [7, 11) is 4.12. The van der Waals surface area contributed by atoms with Crippen LogP contribution in [0.15, 0.2) is 24.3 Å². The SMILES string of the molecule is C[C@H](NCCC(=O)N1CCCC1)c1ccccc1N(C)C. The summed E-state index contributed by atoms with van der Waals surface area (Å²) in [6, 6.07) is 8.64. The normalized spacial score (nSPS) is 16.0. The zero-order valence-corrected chi connectivity index (χ0v) is 13.4. The van der Waals surface area contributed by atoms with Crippen LogP contribution in [-0.2, 0) is 4.79 Å². The van der Waals surface area contributed by atoms with Crippen LogP contribution in [0.2, 0.25) is 0 Å². The minimum absolute atomic E-state index is 0.245. The molecule has 0 saturated carbocycles. The van der Waals surface area contributed by atoms with Crippen LogP contribution in [-0.4, -0.2) is 44.5 Å². The highest BCUT2D eigenvalue weighted by atomic mass is 16.2. The molecular weight excluding hydrogens is 262 g/mol. The second-order valence-corrected chi connectivity index (χ2v) is 5.97. The lowest BCUT2D eigenvalue weighted by molar-refractivity contribution is -0.130. The molecular formula is C17H27N3O. The van der Waals surface area contributed by atoms with Gasteiger partial charge < -0.3 is 15.1 Å². The van der Waals surface area contributed by atoms with E-state index >= 15 is 0 Å². The van der Waals surface area contributed by atoms with E-state index in [0.717, 1.165) is 32.5 Å². The Morgan fingerprint density at radius 3 is 2.62 bits per heavy atom. The third-order valence-electron chi connectivity index (χ3n) is 4.13. The summed E-state index contributed by atoms with van der Waals surface area (Å²) in [6.45, 7) is 4.77. The molecule has 0 spiro atoms. The molecule has 0 aliphatic carbocycles. The van der Waals surface area contributed by atoms with Crippen molar-refractivity contribution in [3.63, 3.8) is 0 Å². The fourth-order valence-corrected chi connectivity index (χ4v) is 2.89. The van der Waals surface area contributed by atoms with Gasteiger partial charge in [0.2, 0.25) is 5.91 Å². The van der Waals surface area contributed by atoms with Gasteiger partial charge in [0.25, 0.3) is 0 Å². The second-order valence-electron chi connectivity index (χ2n) is 5.97. The van der Waals surface area contributed by atoms with E-state index in [0.29, 0.717) is 6.42 Å². The van der Waals surface area contributed by atoms with Gasteiger partial charge in [-0.15, -0.1) is 0 Å². The number of hydrogen-bond donors (Lipinski definition) is 1. The molecule has 1 aromatic carbocycles. The molecule has 21 heavy (non-hydrogen) atoms. The summed E-state index contributed by atoms with van der Waals surface area (Å²) in [5, 5.41) is 3.47. The van der Waals surface area contributed by atoms with E-state index in [4.69, 9.17) is 0 Å². The van der Waals surface area contributed by atoms with Gasteiger partial charge in [-0.05, 0) is 31.4 Å². The lowest BCUT2D eigenvalue weighted by Crippen LogP contribution is -2.31. The number of nitrogens with one attached hydrogen (secondary N) is 1. The molecule has 1 heterocycles. The molecule has 2 rings (SSSR count).